The molecule has 1 aliphatic heterocycles. The Morgan fingerprint density at radius 3 is 2.84 bits per heavy atom. The lowest BCUT2D eigenvalue weighted by Gasteiger charge is -2.28. The summed E-state index contributed by atoms with van der Waals surface area (Å²) in [6.45, 7) is 5.84. The highest BCUT2D eigenvalue weighted by Gasteiger charge is 2.14. The number of hydrogen-bond donors (Lipinski definition) is 1. The Bertz CT molecular complexity index is 1210. The van der Waals surface area contributed by atoms with E-state index in [0.717, 1.165) is 62.9 Å². The first-order valence-electron chi connectivity index (χ1n) is 10.3. The van der Waals surface area contributed by atoms with Crippen molar-refractivity contribution in [3.05, 3.63) is 52.3 Å². The summed E-state index contributed by atoms with van der Waals surface area (Å²) in [5.41, 5.74) is 3.27. The third-order valence-corrected chi connectivity index (χ3v) is 7.17. The van der Waals surface area contributed by atoms with Crippen molar-refractivity contribution in [3.63, 3.8) is 0 Å². The maximum absolute atomic E-state index is 12.4. The second-order valence-electron chi connectivity index (χ2n) is 7.45. The average Bonchev–Trinajstić information content (AvgIpc) is 3.43. The zero-order valence-corrected chi connectivity index (χ0v) is 18.9. The van der Waals surface area contributed by atoms with Crippen LogP contribution in [-0.2, 0) is 16.1 Å². The molecule has 0 radical (unpaired) electrons. The first-order valence-corrected chi connectivity index (χ1v) is 12.0. The van der Waals surface area contributed by atoms with Gasteiger partial charge < -0.3 is 19.7 Å². The van der Waals surface area contributed by atoms with Crippen LogP contribution in [0.2, 0.25) is 0 Å². The fourth-order valence-electron chi connectivity index (χ4n) is 3.75. The number of fused-ring (bicyclic) bond motifs is 3. The SMILES string of the molecule is Cc1nc2c(cc(OCC(=O)NCc3ccc(N4CCOCC4)cc3)c3ccsc32)s1. The summed E-state index contributed by atoms with van der Waals surface area (Å²) >= 11 is 3.29. The van der Waals surface area contributed by atoms with Crippen LogP contribution in [0.15, 0.2) is 41.8 Å². The van der Waals surface area contributed by atoms with Crippen LogP contribution in [0.3, 0.4) is 0 Å². The Hall–Kier alpha value is -2.68. The smallest absolute Gasteiger partial charge is 0.258 e. The number of benzene rings is 2. The lowest BCUT2D eigenvalue weighted by Crippen LogP contribution is -2.36. The number of nitrogens with one attached hydrogen (secondary N) is 1. The average molecular weight is 454 g/mol. The van der Waals surface area contributed by atoms with Crippen LogP contribution >= 0.6 is 22.7 Å². The minimum atomic E-state index is -0.138. The Morgan fingerprint density at radius 1 is 1.23 bits per heavy atom. The van der Waals surface area contributed by atoms with E-state index in [1.807, 2.05) is 24.4 Å². The normalized spacial score (nSPS) is 14.3. The van der Waals surface area contributed by atoms with Crippen molar-refractivity contribution in [1.82, 2.24) is 10.3 Å². The number of thiophene rings is 1. The van der Waals surface area contributed by atoms with Crippen molar-refractivity contribution in [2.75, 3.05) is 37.8 Å². The van der Waals surface area contributed by atoms with Gasteiger partial charge in [-0.1, -0.05) is 12.1 Å². The van der Waals surface area contributed by atoms with E-state index < -0.39 is 0 Å². The van der Waals surface area contributed by atoms with E-state index in [2.05, 4.69) is 39.5 Å². The molecular formula is C23H23N3O3S2. The van der Waals surface area contributed by atoms with E-state index in [1.54, 1.807) is 22.7 Å². The molecule has 0 saturated carbocycles. The quantitative estimate of drug-likeness (QED) is 0.470. The van der Waals surface area contributed by atoms with Crippen molar-refractivity contribution >= 4 is 54.6 Å². The highest BCUT2D eigenvalue weighted by Crippen LogP contribution is 2.38. The van der Waals surface area contributed by atoms with Gasteiger partial charge in [-0.25, -0.2) is 4.98 Å². The monoisotopic (exact) mass is 453 g/mol. The number of carbonyl (C=O) groups excluding carboxylic acids is 1. The van der Waals surface area contributed by atoms with Gasteiger partial charge in [0.2, 0.25) is 0 Å². The molecule has 1 aliphatic rings. The standard InChI is InChI=1S/C23H23N3O3S2/c1-15-25-22-20(31-15)12-19(18-6-11-30-23(18)22)29-14-21(27)24-13-16-2-4-17(5-3-16)26-7-9-28-10-8-26/h2-6,11-12H,7-10,13-14H2,1H3,(H,24,27). The van der Waals surface area contributed by atoms with Gasteiger partial charge in [0.15, 0.2) is 6.61 Å². The van der Waals surface area contributed by atoms with Gasteiger partial charge in [-0.3, -0.25) is 4.79 Å². The van der Waals surface area contributed by atoms with Crippen LogP contribution in [0.4, 0.5) is 5.69 Å². The van der Waals surface area contributed by atoms with Crippen LogP contribution in [-0.4, -0.2) is 43.8 Å². The summed E-state index contributed by atoms with van der Waals surface area (Å²) < 4.78 is 13.5. The van der Waals surface area contributed by atoms with E-state index in [4.69, 9.17) is 9.47 Å². The predicted molar refractivity (Wildman–Crippen MR) is 127 cm³/mol. The molecule has 8 heteroatoms. The number of anilines is 1. The maximum atomic E-state index is 12.4. The number of thiazole rings is 1. The van der Waals surface area contributed by atoms with Crippen LogP contribution in [0.25, 0.3) is 20.3 Å². The molecule has 0 spiro atoms. The third-order valence-electron chi connectivity index (χ3n) is 5.33. The number of amides is 1. The number of rotatable bonds is 6. The lowest BCUT2D eigenvalue weighted by atomic mass is 10.2. The molecular weight excluding hydrogens is 430 g/mol. The molecule has 0 bridgehead atoms. The number of nitrogens with zero attached hydrogens (tertiary/aromatic N) is 2. The van der Waals surface area contributed by atoms with Crippen molar-refractivity contribution in [2.24, 2.45) is 0 Å². The molecule has 4 aromatic rings. The predicted octanol–water partition coefficient (Wildman–Crippen LogP) is 4.35. The molecule has 3 heterocycles. The van der Waals surface area contributed by atoms with Gasteiger partial charge in [-0.15, -0.1) is 22.7 Å². The summed E-state index contributed by atoms with van der Waals surface area (Å²) in [6, 6.07) is 12.3. The van der Waals surface area contributed by atoms with Gasteiger partial charge >= 0.3 is 0 Å². The zero-order valence-electron chi connectivity index (χ0n) is 17.2. The molecule has 1 amide bonds. The fraction of sp³-hybridized carbons (Fsp3) is 0.304. The van der Waals surface area contributed by atoms with Gasteiger partial charge in [0.1, 0.15) is 5.75 Å². The van der Waals surface area contributed by atoms with E-state index in [1.165, 1.54) is 5.69 Å². The summed E-state index contributed by atoms with van der Waals surface area (Å²) in [5.74, 6) is 0.596. The molecule has 6 nitrogen and oxygen atoms in total. The number of aryl methyl sites for hydroxylation is 1. The molecule has 0 atom stereocenters. The van der Waals surface area contributed by atoms with E-state index in [9.17, 15) is 4.79 Å². The zero-order chi connectivity index (χ0) is 21.2. The summed E-state index contributed by atoms with van der Waals surface area (Å²) in [6.07, 6.45) is 0. The van der Waals surface area contributed by atoms with Gasteiger partial charge in [0.25, 0.3) is 5.91 Å². The van der Waals surface area contributed by atoms with Gasteiger partial charge in [-0.2, -0.15) is 0 Å². The maximum Gasteiger partial charge on any atom is 0.258 e. The van der Waals surface area contributed by atoms with E-state index >= 15 is 0 Å². The summed E-state index contributed by atoms with van der Waals surface area (Å²) in [5, 5.41) is 7.02. The first-order chi connectivity index (χ1) is 15.2. The largest absolute Gasteiger partial charge is 0.483 e. The Balaban J connectivity index is 1.19. The van der Waals surface area contributed by atoms with Crippen molar-refractivity contribution in [3.8, 4) is 5.75 Å². The third kappa shape index (κ3) is 4.37. The number of ether oxygens (including phenoxy) is 2. The van der Waals surface area contributed by atoms with Crippen LogP contribution in [0.1, 0.15) is 10.6 Å². The van der Waals surface area contributed by atoms with Crippen LogP contribution in [0, 0.1) is 6.92 Å². The van der Waals surface area contributed by atoms with Gasteiger partial charge in [0.05, 0.1) is 33.1 Å². The number of aromatic nitrogens is 1. The first kappa shape index (κ1) is 20.2. The van der Waals surface area contributed by atoms with E-state index in [0.29, 0.717) is 6.54 Å². The second kappa shape index (κ2) is 8.82. The van der Waals surface area contributed by atoms with E-state index in [-0.39, 0.29) is 12.5 Å². The Kier molecular flexibility index (Phi) is 5.76. The summed E-state index contributed by atoms with van der Waals surface area (Å²) in [7, 11) is 0. The van der Waals surface area contributed by atoms with Crippen molar-refractivity contribution in [1.29, 1.82) is 0 Å². The molecule has 0 aliphatic carbocycles. The van der Waals surface area contributed by atoms with Gasteiger partial charge in [0, 0.05) is 36.8 Å². The summed E-state index contributed by atoms with van der Waals surface area (Å²) in [4.78, 5) is 19.3. The molecule has 1 saturated heterocycles. The number of carbonyl (C=O) groups is 1. The highest BCUT2D eigenvalue weighted by atomic mass is 32.1. The fourth-order valence-corrected chi connectivity index (χ4v) is 5.58. The van der Waals surface area contributed by atoms with Crippen LogP contribution in [0.5, 0.6) is 5.75 Å². The Morgan fingerprint density at radius 2 is 2.03 bits per heavy atom. The molecule has 1 fully saturated rings. The Labute approximate surface area is 188 Å². The second-order valence-corrected chi connectivity index (χ2v) is 9.60. The van der Waals surface area contributed by atoms with Crippen molar-refractivity contribution in [2.45, 2.75) is 13.5 Å². The van der Waals surface area contributed by atoms with Crippen LogP contribution < -0.4 is 15.0 Å². The lowest BCUT2D eigenvalue weighted by molar-refractivity contribution is -0.123. The number of hydrogen-bond acceptors (Lipinski definition) is 7. The number of morpholine rings is 1. The van der Waals surface area contributed by atoms with Gasteiger partial charge in [-0.05, 0) is 36.1 Å². The molecule has 2 aromatic heterocycles. The molecule has 1 N–H and O–H groups in total. The van der Waals surface area contributed by atoms with Crippen molar-refractivity contribution < 1.29 is 14.3 Å². The topological polar surface area (TPSA) is 63.7 Å². The minimum Gasteiger partial charge on any atom is -0.483 e. The molecule has 160 valence electrons. The highest BCUT2D eigenvalue weighted by molar-refractivity contribution is 7.21. The molecule has 2 aromatic carbocycles. The molecule has 0 unspecified atom stereocenters. The molecule has 5 rings (SSSR count). The molecule has 31 heavy (non-hydrogen) atoms. The minimum absolute atomic E-state index is 0.0138.